The standard InChI is InChI=1S/C21H17F3N4O2/c1-12(2)27-20(29)18-19(28(21(27)30)16-7-5-14(22)6-8-16)25-11-26(18)10-13-3-4-15(23)9-17(13)24/h3-9,11-12H,10H2,1-2H3. The van der Waals surface area contributed by atoms with Crippen LogP contribution in [0.15, 0.2) is 58.4 Å². The summed E-state index contributed by atoms with van der Waals surface area (Å²) >= 11 is 0. The van der Waals surface area contributed by atoms with E-state index in [-0.39, 0.29) is 23.3 Å². The molecular formula is C21H17F3N4O2. The van der Waals surface area contributed by atoms with Crippen molar-refractivity contribution in [3.8, 4) is 5.69 Å². The third-order valence-electron chi connectivity index (χ3n) is 4.81. The molecule has 0 unspecified atom stereocenters. The highest BCUT2D eigenvalue weighted by atomic mass is 19.1. The number of hydrogen-bond donors (Lipinski definition) is 0. The smallest absolute Gasteiger partial charge is 0.320 e. The molecule has 0 N–H and O–H groups in total. The van der Waals surface area contributed by atoms with Crippen LogP contribution in [0.4, 0.5) is 13.2 Å². The average molecular weight is 414 g/mol. The summed E-state index contributed by atoms with van der Waals surface area (Å²) in [5.41, 5.74) is -0.562. The maximum absolute atomic E-state index is 14.1. The Kier molecular flexibility index (Phi) is 4.81. The minimum atomic E-state index is -0.757. The van der Waals surface area contributed by atoms with Crippen molar-refractivity contribution >= 4 is 11.2 Å². The fourth-order valence-electron chi connectivity index (χ4n) is 3.38. The van der Waals surface area contributed by atoms with Crippen LogP contribution in [0, 0.1) is 17.5 Å². The zero-order chi connectivity index (χ0) is 21.6. The summed E-state index contributed by atoms with van der Waals surface area (Å²) in [6.07, 6.45) is 1.32. The van der Waals surface area contributed by atoms with Gasteiger partial charge >= 0.3 is 5.69 Å². The van der Waals surface area contributed by atoms with Gasteiger partial charge in [-0.25, -0.2) is 27.5 Å². The molecule has 2 aromatic heterocycles. The molecule has 0 aliphatic heterocycles. The first kappa shape index (κ1) is 19.7. The van der Waals surface area contributed by atoms with Crippen molar-refractivity contribution in [2.24, 2.45) is 0 Å². The molecule has 0 aliphatic rings. The molecular weight excluding hydrogens is 397 g/mol. The van der Waals surface area contributed by atoms with Gasteiger partial charge in [0, 0.05) is 17.7 Å². The highest BCUT2D eigenvalue weighted by Gasteiger charge is 2.21. The monoisotopic (exact) mass is 414 g/mol. The van der Waals surface area contributed by atoms with Crippen LogP contribution in [0.5, 0.6) is 0 Å². The van der Waals surface area contributed by atoms with Gasteiger partial charge in [-0.05, 0) is 44.2 Å². The quantitative estimate of drug-likeness (QED) is 0.514. The van der Waals surface area contributed by atoms with Crippen LogP contribution < -0.4 is 11.2 Å². The Morgan fingerprint density at radius 2 is 1.63 bits per heavy atom. The number of rotatable bonds is 4. The van der Waals surface area contributed by atoms with Crippen LogP contribution in [0.1, 0.15) is 25.5 Å². The van der Waals surface area contributed by atoms with Gasteiger partial charge < -0.3 is 4.57 Å². The third kappa shape index (κ3) is 3.22. The molecule has 2 aromatic carbocycles. The van der Waals surface area contributed by atoms with Crippen LogP contribution >= 0.6 is 0 Å². The second-order valence-electron chi connectivity index (χ2n) is 7.14. The largest absolute Gasteiger partial charge is 0.337 e. The number of hydrogen-bond acceptors (Lipinski definition) is 3. The lowest BCUT2D eigenvalue weighted by Crippen LogP contribution is -2.41. The first-order chi connectivity index (χ1) is 14.3. The van der Waals surface area contributed by atoms with E-state index < -0.39 is 34.7 Å². The topological polar surface area (TPSA) is 61.8 Å². The predicted octanol–water partition coefficient (Wildman–Crippen LogP) is 3.40. The number of benzene rings is 2. The predicted molar refractivity (Wildman–Crippen MR) is 105 cm³/mol. The van der Waals surface area contributed by atoms with E-state index in [9.17, 15) is 22.8 Å². The Morgan fingerprint density at radius 3 is 2.27 bits per heavy atom. The van der Waals surface area contributed by atoms with Gasteiger partial charge in [-0.2, -0.15) is 0 Å². The second-order valence-corrected chi connectivity index (χ2v) is 7.14. The molecule has 6 nitrogen and oxygen atoms in total. The SMILES string of the molecule is CC(C)n1c(=O)c2c(ncn2Cc2ccc(F)cc2F)n(-c2ccc(F)cc2)c1=O. The summed E-state index contributed by atoms with van der Waals surface area (Å²) in [6, 6.07) is 7.91. The minimum Gasteiger partial charge on any atom is -0.320 e. The highest BCUT2D eigenvalue weighted by Crippen LogP contribution is 2.17. The molecule has 0 atom stereocenters. The molecule has 0 aliphatic carbocycles. The molecule has 0 spiro atoms. The number of halogens is 3. The lowest BCUT2D eigenvalue weighted by molar-refractivity contribution is 0.537. The van der Waals surface area contributed by atoms with E-state index >= 15 is 0 Å². The second kappa shape index (κ2) is 7.33. The maximum Gasteiger partial charge on any atom is 0.337 e. The Balaban J connectivity index is 2.00. The Labute approximate surface area is 168 Å². The Hall–Kier alpha value is -3.62. The van der Waals surface area contributed by atoms with Gasteiger partial charge in [0.1, 0.15) is 17.5 Å². The summed E-state index contributed by atoms with van der Waals surface area (Å²) in [5.74, 6) is -1.94. The van der Waals surface area contributed by atoms with E-state index in [1.807, 2.05) is 0 Å². The van der Waals surface area contributed by atoms with Crippen LogP contribution in [-0.2, 0) is 6.54 Å². The molecule has 4 aromatic rings. The summed E-state index contributed by atoms with van der Waals surface area (Å²) in [5, 5.41) is 0. The van der Waals surface area contributed by atoms with E-state index in [0.717, 1.165) is 16.7 Å². The molecule has 154 valence electrons. The van der Waals surface area contributed by atoms with E-state index in [0.29, 0.717) is 5.69 Å². The van der Waals surface area contributed by atoms with E-state index in [1.54, 1.807) is 13.8 Å². The number of imidazole rings is 1. The molecule has 4 rings (SSSR count). The van der Waals surface area contributed by atoms with Gasteiger partial charge in [0.25, 0.3) is 5.56 Å². The molecule has 0 radical (unpaired) electrons. The van der Waals surface area contributed by atoms with Gasteiger partial charge in [-0.15, -0.1) is 0 Å². The van der Waals surface area contributed by atoms with Gasteiger partial charge in [-0.3, -0.25) is 9.36 Å². The van der Waals surface area contributed by atoms with Crippen LogP contribution in [0.25, 0.3) is 16.9 Å². The van der Waals surface area contributed by atoms with Crippen molar-refractivity contribution in [2.45, 2.75) is 26.4 Å². The molecule has 0 bridgehead atoms. The van der Waals surface area contributed by atoms with Crippen LogP contribution in [0.2, 0.25) is 0 Å². The van der Waals surface area contributed by atoms with Crippen molar-refractivity contribution < 1.29 is 13.2 Å². The van der Waals surface area contributed by atoms with Crippen molar-refractivity contribution in [2.75, 3.05) is 0 Å². The molecule has 9 heteroatoms. The molecule has 0 fully saturated rings. The third-order valence-corrected chi connectivity index (χ3v) is 4.81. The first-order valence-corrected chi connectivity index (χ1v) is 9.20. The molecule has 2 heterocycles. The fourth-order valence-corrected chi connectivity index (χ4v) is 3.38. The molecule has 0 saturated heterocycles. The Bertz CT molecular complexity index is 1370. The van der Waals surface area contributed by atoms with Crippen molar-refractivity contribution in [1.29, 1.82) is 0 Å². The molecule has 0 saturated carbocycles. The zero-order valence-electron chi connectivity index (χ0n) is 16.1. The van der Waals surface area contributed by atoms with Gasteiger partial charge in [0.15, 0.2) is 11.2 Å². The first-order valence-electron chi connectivity index (χ1n) is 9.20. The summed E-state index contributed by atoms with van der Waals surface area (Å²) < 4.78 is 44.4. The van der Waals surface area contributed by atoms with Crippen LogP contribution in [-0.4, -0.2) is 18.7 Å². The van der Waals surface area contributed by atoms with E-state index in [4.69, 9.17) is 0 Å². The molecule has 30 heavy (non-hydrogen) atoms. The van der Waals surface area contributed by atoms with Gasteiger partial charge in [0.2, 0.25) is 0 Å². The number of aromatic nitrogens is 4. The normalized spacial score (nSPS) is 11.5. The summed E-state index contributed by atoms with van der Waals surface area (Å²) in [4.78, 5) is 30.4. The highest BCUT2D eigenvalue weighted by molar-refractivity contribution is 5.72. The van der Waals surface area contributed by atoms with E-state index in [1.165, 1.54) is 45.8 Å². The summed E-state index contributed by atoms with van der Waals surface area (Å²) in [6.45, 7) is 3.28. The van der Waals surface area contributed by atoms with Crippen molar-refractivity contribution in [3.63, 3.8) is 0 Å². The minimum absolute atomic E-state index is 0.0658. The molecule has 0 amide bonds. The van der Waals surface area contributed by atoms with Crippen molar-refractivity contribution in [3.05, 3.63) is 92.6 Å². The number of nitrogens with zero attached hydrogens (tertiary/aromatic N) is 4. The zero-order valence-corrected chi connectivity index (χ0v) is 16.1. The summed E-state index contributed by atoms with van der Waals surface area (Å²) in [7, 11) is 0. The average Bonchev–Trinajstić information content (AvgIpc) is 3.09. The van der Waals surface area contributed by atoms with Gasteiger partial charge in [-0.1, -0.05) is 6.07 Å². The lowest BCUT2D eigenvalue weighted by Gasteiger charge is -2.15. The fraction of sp³-hybridized carbons (Fsp3) is 0.190. The maximum atomic E-state index is 14.1. The van der Waals surface area contributed by atoms with E-state index in [2.05, 4.69) is 4.98 Å². The van der Waals surface area contributed by atoms with Crippen molar-refractivity contribution in [1.82, 2.24) is 18.7 Å². The van der Waals surface area contributed by atoms with Gasteiger partial charge in [0.05, 0.1) is 18.6 Å². The Morgan fingerprint density at radius 1 is 0.967 bits per heavy atom. The number of fused-ring (bicyclic) bond motifs is 1. The van der Waals surface area contributed by atoms with Crippen LogP contribution in [0.3, 0.4) is 0 Å². The lowest BCUT2D eigenvalue weighted by atomic mass is 10.2.